The average molecular weight is 271 g/mol. The van der Waals surface area contributed by atoms with Gasteiger partial charge >= 0.3 is 0 Å². The number of unbranched alkanes of at least 4 members (excludes halogenated alkanes) is 1. The Morgan fingerprint density at radius 1 is 0.895 bits per heavy atom. The Morgan fingerprint density at radius 3 is 1.84 bits per heavy atom. The molecule has 0 aromatic carbocycles. The molecular formula is C17H38N2. The fourth-order valence-electron chi connectivity index (χ4n) is 2.53. The molecule has 1 aliphatic rings. The average Bonchev–Trinajstić information content (AvgIpc) is 2.36. The van der Waals surface area contributed by atoms with E-state index in [1.54, 1.807) is 0 Å². The van der Waals surface area contributed by atoms with Gasteiger partial charge in [-0.2, -0.15) is 0 Å². The summed E-state index contributed by atoms with van der Waals surface area (Å²) in [6.45, 7) is 21.9. The molecule has 0 radical (unpaired) electrons. The van der Waals surface area contributed by atoms with Gasteiger partial charge in [-0.05, 0) is 39.7 Å². The highest BCUT2D eigenvalue weighted by molar-refractivity contribution is 4.81. The molecule has 2 nitrogen and oxygen atoms in total. The van der Waals surface area contributed by atoms with E-state index in [0.717, 1.165) is 5.92 Å². The third-order valence-electron chi connectivity index (χ3n) is 3.83. The zero-order chi connectivity index (χ0) is 14.9. The van der Waals surface area contributed by atoms with E-state index in [4.69, 9.17) is 0 Å². The molecule has 1 heterocycles. The van der Waals surface area contributed by atoms with Crippen molar-refractivity contribution in [1.29, 1.82) is 0 Å². The molecule has 0 amide bonds. The van der Waals surface area contributed by atoms with Crippen molar-refractivity contribution in [3.8, 4) is 0 Å². The first-order valence-electron chi connectivity index (χ1n) is 8.37. The van der Waals surface area contributed by atoms with Crippen molar-refractivity contribution in [3.05, 3.63) is 0 Å². The minimum Gasteiger partial charge on any atom is -0.301 e. The van der Waals surface area contributed by atoms with Crippen LogP contribution in [0.25, 0.3) is 0 Å². The molecule has 1 rings (SSSR count). The third kappa shape index (κ3) is 8.65. The zero-order valence-electron chi connectivity index (χ0n) is 14.6. The highest BCUT2D eigenvalue weighted by Gasteiger charge is 2.25. The van der Waals surface area contributed by atoms with E-state index < -0.39 is 0 Å². The van der Waals surface area contributed by atoms with Crippen molar-refractivity contribution in [2.45, 2.75) is 73.3 Å². The molecule has 0 saturated carbocycles. The number of hydrogen-bond donors (Lipinski definition) is 0. The Kier molecular flexibility index (Phi) is 9.72. The molecule has 2 heteroatoms. The second-order valence-corrected chi connectivity index (χ2v) is 6.89. The van der Waals surface area contributed by atoms with Crippen LogP contribution < -0.4 is 0 Å². The van der Waals surface area contributed by atoms with E-state index in [1.165, 1.54) is 52.0 Å². The topological polar surface area (TPSA) is 6.48 Å². The molecule has 1 saturated heterocycles. The fraction of sp³-hybridized carbons (Fsp3) is 1.00. The summed E-state index contributed by atoms with van der Waals surface area (Å²) in [6.07, 6.45) is 4.17. The van der Waals surface area contributed by atoms with Crippen LogP contribution in [0.3, 0.4) is 0 Å². The molecule has 0 spiro atoms. The van der Waals surface area contributed by atoms with E-state index in [9.17, 15) is 0 Å². The molecule has 1 fully saturated rings. The van der Waals surface area contributed by atoms with E-state index >= 15 is 0 Å². The van der Waals surface area contributed by atoms with Gasteiger partial charge in [-0.25, -0.2) is 0 Å². The standard InChI is InChI=1S/C15H32N2.C2H6/c1-14(2)8-6-7-9-16-10-12-17(13-11-16)15(3,4)5;1-2/h14H,6-13H2,1-5H3;1-2H3. The molecule has 0 aliphatic carbocycles. The van der Waals surface area contributed by atoms with Crippen LogP contribution in [0.4, 0.5) is 0 Å². The van der Waals surface area contributed by atoms with Gasteiger partial charge in [-0.1, -0.05) is 40.5 Å². The van der Waals surface area contributed by atoms with Crippen molar-refractivity contribution in [2.75, 3.05) is 32.7 Å². The predicted molar refractivity (Wildman–Crippen MR) is 87.8 cm³/mol. The summed E-state index contributed by atoms with van der Waals surface area (Å²) in [6, 6.07) is 0. The molecular weight excluding hydrogens is 232 g/mol. The molecule has 0 unspecified atom stereocenters. The van der Waals surface area contributed by atoms with Gasteiger partial charge in [0.15, 0.2) is 0 Å². The Labute approximate surface area is 122 Å². The summed E-state index contributed by atoms with van der Waals surface area (Å²) in [5.41, 5.74) is 0.351. The fourth-order valence-corrected chi connectivity index (χ4v) is 2.53. The number of hydrogen-bond acceptors (Lipinski definition) is 2. The second-order valence-electron chi connectivity index (χ2n) is 6.89. The second kappa shape index (κ2) is 9.77. The molecule has 19 heavy (non-hydrogen) atoms. The Balaban J connectivity index is 0.00000154. The minimum atomic E-state index is 0.351. The Morgan fingerprint density at radius 2 is 1.42 bits per heavy atom. The first-order chi connectivity index (χ1) is 8.89. The molecule has 116 valence electrons. The highest BCUT2D eigenvalue weighted by atomic mass is 15.3. The van der Waals surface area contributed by atoms with Gasteiger partial charge in [-0.3, -0.25) is 4.90 Å². The van der Waals surface area contributed by atoms with Crippen molar-refractivity contribution in [1.82, 2.24) is 9.80 Å². The van der Waals surface area contributed by atoms with Crippen LogP contribution >= 0.6 is 0 Å². The number of rotatable bonds is 5. The van der Waals surface area contributed by atoms with Gasteiger partial charge in [0.25, 0.3) is 0 Å². The van der Waals surface area contributed by atoms with Crippen LogP contribution in [-0.4, -0.2) is 48.1 Å². The van der Waals surface area contributed by atoms with E-state index in [-0.39, 0.29) is 0 Å². The summed E-state index contributed by atoms with van der Waals surface area (Å²) in [4.78, 5) is 5.25. The lowest BCUT2D eigenvalue weighted by Gasteiger charge is -2.42. The van der Waals surface area contributed by atoms with E-state index in [0.29, 0.717) is 5.54 Å². The summed E-state index contributed by atoms with van der Waals surface area (Å²) >= 11 is 0. The normalized spacial score (nSPS) is 18.3. The van der Waals surface area contributed by atoms with Gasteiger partial charge in [0.1, 0.15) is 0 Å². The number of nitrogens with zero attached hydrogens (tertiary/aromatic N) is 2. The summed E-state index contributed by atoms with van der Waals surface area (Å²) in [7, 11) is 0. The lowest BCUT2D eigenvalue weighted by Crippen LogP contribution is -2.53. The smallest absolute Gasteiger partial charge is 0.0126 e. The molecule has 0 aromatic heterocycles. The maximum atomic E-state index is 2.64. The monoisotopic (exact) mass is 270 g/mol. The molecule has 0 atom stereocenters. The molecule has 1 aliphatic heterocycles. The van der Waals surface area contributed by atoms with Crippen molar-refractivity contribution >= 4 is 0 Å². The maximum Gasteiger partial charge on any atom is 0.0126 e. The Hall–Kier alpha value is -0.0800. The quantitative estimate of drug-likeness (QED) is 0.689. The largest absolute Gasteiger partial charge is 0.301 e. The number of piperazine rings is 1. The van der Waals surface area contributed by atoms with Crippen molar-refractivity contribution in [3.63, 3.8) is 0 Å². The predicted octanol–water partition coefficient (Wildman–Crippen LogP) is 4.26. The van der Waals surface area contributed by atoms with Gasteiger partial charge in [0.2, 0.25) is 0 Å². The lowest BCUT2D eigenvalue weighted by atomic mass is 10.0. The summed E-state index contributed by atoms with van der Waals surface area (Å²) < 4.78 is 0. The van der Waals surface area contributed by atoms with E-state index in [1.807, 2.05) is 13.8 Å². The molecule has 0 aromatic rings. The lowest BCUT2D eigenvalue weighted by molar-refractivity contribution is 0.0615. The van der Waals surface area contributed by atoms with Gasteiger partial charge in [0, 0.05) is 31.7 Å². The zero-order valence-corrected chi connectivity index (χ0v) is 14.6. The van der Waals surface area contributed by atoms with Crippen LogP contribution in [0.2, 0.25) is 0 Å². The van der Waals surface area contributed by atoms with Crippen LogP contribution in [-0.2, 0) is 0 Å². The van der Waals surface area contributed by atoms with Crippen molar-refractivity contribution < 1.29 is 0 Å². The Bertz CT molecular complexity index is 198. The van der Waals surface area contributed by atoms with Gasteiger partial charge < -0.3 is 4.90 Å². The minimum absolute atomic E-state index is 0.351. The summed E-state index contributed by atoms with van der Waals surface area (Å²) in [5, 5.41) is 0. The molecule has 0 bridgehead atoms. The SMILES string of the molecule is CC.CC(C)CCCCN1CCN(C(C)(C)C)CC1. The van der Waals surface area contributed by atoms with Gasteiger partial charge in [-0.15, -0.1) is 0 Å². The van der Waals surface area contributed by atoms with Crippen molar-refractivity contribution in [2.24, 2.45) is 5.92 Å². The summed E-state index contributed by atoms with van der Waals surface area (Å²) in [5.74, 6) is 0.868. The third-order valence-corrected chi connectivity index (χ3v) is 3.83. The van der Waals surface area contributed by atoms with Crippen LogP contribution in [0, 0.1) is 5.92 Å². The van der Waals surface area contributed by atoms with Crippen LogP contribution in [0.5, 0.6) is 0 Å². The van der Waals surface area contributed by atoms with Crippen LogP contribution in [0.1, 0.15) is 67.7 Å². The van der Waals surface area contributed by atoms with E-state index in [2.05, 4.69) is 44.4 Å². The van der Waals surface area contributed by atoms with Gasteiger partial charge in [0.05, 0.1) is 0 Å². The first kappa shape index (κ1) is 18.9. The maximum absolute atomic E-state index is 2.64. The van der Waals surface area contributed by atoms with Crippen LogP contribution in [0.15, 0.2) is 0 Å². The first-order valence-corrected chi connectivity index (χ1v) is 8.37. The highest BCUT2D eigenvalue weighted by Crippen LogP contribution is 2.16. The molecule has 0 N–H and O–H groups in total.